The summed E-state index contributed by atoms with van der Waals surface area (Å²) in [6.07, 6.45) is 3.27. The minimum atomic E-state index is -0.116. The van der Waals surface area contributed by atoms with Crippen molar-refractivity contribution in [3.05, 3.63) is 54.4 Å². The molecule has 0 saturated carbocycles. The van der Waals surface area contributed by atoms with E-state index in [4.69, 9.17) is 14.6 Å². The fraction of sp³-hybridized carbons (Fsp3) is 0.393. The maximum Gasteiger partial charge on any atom is 0.230 e. The highest BCUT2D eigenvalue weighted by Gasteiger charge is 2.21. The van der Waals surface area contributed by atoms with E-state index in [2.05, 4.69) is 31.2 Å². The van der Waals surface area contributed by atoms with Gasteiger partial charge in [0.05, 0.1) is 25.4 Å². The second-order valence-corrected chi connectivity index (χ2v) is 9.40. The minimum absolute atomic E-state index is 0.00322. The van der Waals surface area contributed by atoms with Crippen molar-refractivity contribution in [1.82, 2.24) is 19.9 Å². The first kappa shape index (κ1) is 26.3. The first-order chi connectivity index (χ1) is 19.1. The number of nitrogens with one attached hydrogen (secondary N) is 1. The molecule has 0 bridgehead atoms. The van der Waals surface area contributed by atoms with Gasteiger partial charge < -0.3 is 29.7 Å². The lowest BCUT2D eigenvalue weighted by atomic mass is 10.1. The summed E-state index contributed by atoms with van der Waals surface area (Å²) < 4.78 is 11.4. The van der Waals surface area contributed by atoms with E-state index < -0.39 is 0 Å². The molecular weight excluding hydrogens is 498 g/mol. The predicted molar refractivity (Wildman–Crippen MR) is 145 cm³/mol. The zero-order chi connectivity index (χ0) is 27.0. The zero-order valence-corrected chi connectivity index (χ0v) is 21.6. The van der Waals surface area contributed by atoms with Crippen molar-refractivity contribution in [2.75, 3.05) is 56.2 Å². The van der Waals surface area contributed by atoms with E-state index in [1.165, 1.54) is 6.33 Å². The van der Waals surface area contributed by atoms with Crippen LogP contribution in [0.5, 0.6) is 5.75 Å². The quantitative estimate of drug-likeness (QED) is 0.448. The van der Waals surface area contributed by atoms with Crippen LogP contribution >= 0.6 is 0 Å². The van der Waals surface area contributed by atoms with Crippen LogP contribution < -0.4 is 15.0 Å². The van der Waals surface area contributed by atoms with Crippen LogP contribution in [0.25, 0.3) is 11.4 Å². The van der Waals surface area contributed by atoms with Gasteiger partial charge in [0.1, 0.15) is 24.3 Å². The van der Waals surface area contributed by atoms with Gasteiger partial charge in [-0.15, -0.1) is 0 Å². The van der Waals surface area contributed by atoms with Gasteiger partial charge in [-0.05, 0) is 42.5 Å². The van der Waals surface area contributed by atoms with E-state index in [0.29, 0.717) is 55.0 Å². The Kier molecular flexibility index (Phi) is 8.45. The van der Waals surface area contributed by atoms with E-state index in [-0.39, 0.29) is 25.0 Å². The molecule has 11 nitrogen and oxygen atoms in total. The Morgan fingerprint density at radius 2 is 1.87 bits per heavy atom. The lowest BCUT2D eigenvalue weighted by molar-refractivity contribution is -0.132. The van der Waals surface area contributed by atoms with Crippen molar-refractivity contribution in [2.45, 2.75) is 25.4 Å². The average Bonchev–Trinajstić information content (AvgIpc) is 2.99. The standard InChI is InChI=1S/C28H31N7O4/c29-18-21-17-20(1-6-25(21)39-24-8-15-38-16-9-24)27-30-19-31-28(33-27)32-22-2-4-23(5-3-22)34-10-12-35(13-11-34)26(37)7-14-36/h1-6,17,19,24,36H,7-16H2,(H,30,31,32,33). The summed E-state index contributed by atoms with van der Waals surface area (Å²) in [5.41, 5.74) is 3.02. The summed E-state index contributed by atoms with van der Waals surface area (Å²) in [6.45, 7) is 3.98. The number of rotatable bonds is 8. The number of nitriles is 1. The molecule has 0 radical (unpaired) electrons. The van der Waals surface area contributed by atoms with Crippen LogP contribution in [0.3, 0.4) is 0 Å². The van der Waals surface area contributed by atoms with Gasteiger partial charge in [-0.25, -0.2) is 9.97 Å². The highest BCUT2D eigenvalue weighted by Crippen LogP contribution is 2.28. The Morgan fingerprint density at radius 1 is 1.10 bits per heavy atom. The number of carbonyl (C=O) groups excluding carboxylic acids is 1. The Bertz CT molecular complexity index is 1310. The van der Waals surface area contributed by atoms with E-state index in [9.17, 15) is 10.1 Å². The molecule has 2 aromatic carbocycles. The molecule has 2 N–H and O–H groups in total. The fourth-order valence-electron chi connectivity index (χ4n) is 4.68. The molecule has 5 rings (SSSR count). The van der Waals surface area contributed by atoms with E-state index in [1.807, 2.05) is 30.3 Å². The Hall–Kier alpha value is -4.27. The molecule has 202 valence electrons. The number of hydrogen-bond acceptors (Lipinski definition) is 10. The number of piperazine rings is 1. The largest absolute Gasteiger partial charge is 0.489 e. The monoisotopic (exact) mass is 529 g/mol. The number of nitrogens with zero attached hydrogens (tertiary/aromatic N) is 6. The van der Waals surface area contributed by atoms with Crippen molar-refractivity contribution >= 4 is 23.2 Å². The van der Waals surface area contributed by atoms with Crippen molar-refractivity contribution < 1.29 is 19.4 Å². The van der Waals surface area contributed by atoms with Crippen molar-refractivity contribution in [2.24, 2.45) is 0 Å². The Morgan fingerprint density at radius 3 is 2.59 bits per heavy atom. The average molecular weight is 530 g/mol. The highest BCUT2D eigenvalue weighted by molar-refractivity contribution is 5.76. The van der Waals surface area contributed by atoms with E-state index >= 15 is 0 Å². The van der Waals surface area contributed by atoms with Crippen LogP contribution in [0, 0.1) is 11.3 Å². The second kappa shape index (κ2) is 12.5. The third-order valence-electron chi connectivity index (χ3n) is 6.84. The Balaban J connectivity index is 1.22. The molecule has 0 unspecified atom stereocenters. The molecule has 1 amide bonds. The van der Waals surface area contributed by atoms with Crippen LogP contribution in [-0.2, 0) is 9.53 Å². The molecular formula is C28H31N7O4. The number of anilines is 3. The molecule has 11 heteroatoms. The lowest BCUT2D eigenvalue weighted by Crippen LogP contribution is -2.48. The molecule has 2 aliphatic rings. The number of amides is 1. The van der Waals surface area contributed by atoms with Crippen LogP contribution in [0.1, 0.15) is 24.8 Å². The number of benzene rings is 2. The SMILES string of the molecule is N#Cc1cc(-c2ncnc(Nc3ccc(N4CCN(C(=O)CCO)CC4)cc3)n2)ccc1OC1CCOCC1. The molecule has 2 aliphatic heterocycles. The van der Waals surface area contributed by atoms with Gasteiger partial charge in [0, 0.05) is 62.4 Å². The summed E-state index contributed by atoms with van der Waals surface area (Å²) in [5.74, 6) is 1.40. The summed E-state index contributed by atoms with van der Waals surface area (Å²) in [6, 6.07) is 15.5. The topological polar surface area (TPSA) is 137 Å². The number of aliphatic hydroxyl groups excluding tert-OH is 1. The Labute approximate surface area is 227 Å². The minimum Gasteiger partial charge on any atom is -0.489 e. The van der Waals surface area contributed by atoms with Gasteiger partial charge in [0.15, 0.2) is 5.82 Å². The van der Waals surface area contributed by atoms with Gasteiger partial charge in [0.2, 0.25) is 11.9 Å². The number of aromatic nitrogens is 3. The molecule has 3 aromatic rings. The molecule has 1 aromatic heterocycles. The molecule has 2 saturated heterocycles. The smallest absolute Gasteiger partial charge is 0.230 e. The third kappa shape index (κ3) is 6.60. The summed E-state index contributed by atoms with van der Waals surface area (Å²) in [5, 5.41) is 21.9. The number of hydrogen-bond donors (Lipinski definition) is 2. The summed E-state index contributed by atoms with van der Waals surface area (Å²) in [4.78, 5) is 29.1. The van der Waals surface area contributed by atoms with Crippen LogP contribution in [0.4, 0.5) is 17.3 Å². The molecule has 2 fully saturated rings. The maximum atomic E-state index is 12.0. The molecule has 3 heterocycles. The number of aliphatic hydroxyl groups is 1. The van der Waals surface area contributed by atoms with Gasteiger partial charge in [-0.1, -0.05) is 0 Å². The van der Waals surface area contributed by atoms with Gasteiger partial charge >= 0.3 is 0 Å². The first-order valence-electron chi connectivity index (χ1n) is 13.1. The normalized spacial score (nSPS) is 16.0. The summed E-state index contributed by atoms with van der Waals surface area (Å²) >= 11 is 0. The van der Waals surface area contributed by atoms with E-state index in [1.54, 1.807) is 17.0 Å². The third-order valence-corrected chi connectivity index (χ3v) is 6.84. The van der Waals surface area contributed by atoms with Crippen molar-refractivity contribution in [3.8, 4) is 23.2 Å². The highest BCUT2D eigenvalue weighted by atomic mass is 16.5. The second-order valence-electron chi connectivity index (χ2n) is 9.40. The molecule has 0 aliphatic carbocycles. The zero-order valence-electron chi connectivity index (χ0n) is 21.6. The molecule has 39 heavy (non-hydrogen) atoms. The molecule has 0 atom stereocenters. The molecule has 0 spiro atoms. The summed E-state index contributed by atoms with van der Waals surface area (Å²) in [7, 11) is 0. The van der Waals surface area contributed by atoms with E-state index in [0.717, 1.165) is 37.3 Å². The van der Waals surface area contributed by atoms with Gasteiger partial charge in [0.25, 0.3) is 0 Å². The van der Waals surface area contributed by atoms with Crippen LogP contribution in [0.2, 0.25) is 0 Å². The number of carbonyl (C=O) groups is 1. The first-order valence-corrected chi connectivity index (χ1v) is 13.1. The predicted octanol–water partition coefficient (Wildman–Crippen LogP) is 2.74. The number of ether oxygens (including phenoxy) is 2. The van der Waals surface area contributed by atoms with Crippen molar-refractivity contribution in [3.63, 3.8) is 0 Å². The maximum absolute atomic E-state index is 12.0. The fourth-order valence-corrected chi connectivity index (χ4v) is 4.68. The lowest BCUT2D eigenvalue weighted by Gasteiger charge is -2.36. The van der Waals surface area contributed by atoms with Crippen LogP contribution in [-0.4, -0.2) is 83.0 Å². The van der Waals surface area contributed by atoms with Gasteiger partial charge in [-0.2, -0.15) is 10.2 Å². The van der Waals surface area contributed by atoms with Gasteiger partial charge in [-0.3, -0.25) is 4.79 Å². The van der Waals surface area contributed by atoms with Crippen molar-refractivity contribution in [1.29, 1.82) is 5.26 Å². The van der Waals surface area contributed by atoms with Crippen LogP contribution in [0.15, 0.2) is 48.8 Å².